The number of nitrogens with zero attached hydrogens (tertiary/aromatic N) is 1. The van der Waals surface area contributed by atoms with Crippen molar-refractivity contribution >= 4 is 27.4 Å². The van der Waals surface area contributed by atoms with Crippen molar-refractivity contribution in [1.82, 2.24) is 0 Å². The van der Waals surface area contributed by atoms with Gasteiger partial charge in [0, 0.05) is 10.9 Å². The molecular formula is C19H15ClFNO4S. The molecule has 0 amide bonds. The molecule has 27 heavy (non-hydrogen) atoms. The van der Waals surface area contributed by atoms with Crippen LogP contribution < -0.4 is 0 Å². The Morgan fingerprint density at radius 3 is 2.33 bits per heavy atom. The highest BCUT2D eigenvalue weighted by Crippen LogP contribution is 2.64. The van der Waals surface area contributed by atoms with Crippen LogP contribution in [-0.2, 0) is 19.4 Å². The molecule has 0 radical (unpaired) electrons. The van der Waals surface area contributed by atoms with Gasteiger partial charge in [-0.2, -0.15) is 5.26 Å². The summed E-state index contributed by atoms with van der Waals surface area (Å²) in [6.45, 7) is 1.58. The van der Waals surface area contributed by atoms with Crippen LogP contribution in [0.25, 0.3) is 0 Å². The Bertz CT molecular complexity index is 1020. The summed E-state index contributed by atoms with van der Waals surface area (Å²) in [5.41, 5.74) is -1.50. The molecule has 2 aromatic rings. The molecule has 5 nitrogen and oxygen atoms in total. The summed E-state index contributed by atoms with van der Waals surface area (Å²) in [7, 11) is -4.05. The van der Waals surface area contributed by atoms with E-state index in [4.69, 9.17) is 16.3 Å². The number of sulfone groups is 1. The first-order chi connectivity index (χ1) is 12.8. The van der Waals surface area contributed by atoms with Crippen LogP contribution >= 0.6 is 11.6 Å². The summed E-state index contributed by atoms with van der Waals surface area (Å²) in [5.74, 6) is -2.36. The van der Waals surface area contributed by atoms with Crippen molar-refractivity contribution in [1.29, 1.82) is 5.26 Å². The number of hydrogen-bond donors (Lipinski definition) is 0. The molecule has 1 fully saturated rings. The standard InChI is InChI=1S/C19H15ClFNO4S/c1-2-26-18(23)19(11-22)16(12-3-7-14(21)8-4-12)17(19)27(24,25)15-9-5-13(20)6-10-15/h3-10,16-17H,2H2,1H3/t16-,17+,19+/m0/s1. The van der Waals surface area contributed by atoms with Crippen molar-refractivity contribution in [3.05, 3.63) is 64.9 Å². The Hall–Kier alpha value is -2.43. The number of rotatable bonds is 5. The molecule has 0 N–H and O–H groups in total. The maximum atomic E-state index is 13.3. The summed E-state index contributed by atoms with van der Waals surface area (Å²) >= 11 is 5.81. The summed E-state index contributed by atoms with van der Waals surface area (Å²) in [6.07, 6.45) is 0. The smallest absolute Gasteiger partial charge is 0.328 e. The van der Waals surface area contributed by atoms with Crippen LogP contribution in [0.15, 0.2) is 53.4 Å². The second-order valence-electron chi connectivity index (χ2n) is 6.15. The zero-order valence-electron chi connectivity index (χ0n) is 14.2. The van der Waals surface area contributed by atoms with Gasteiger partial charge in [-0.15, -0.1) is 0 Å². The Labute approximate surface area is 161 Å². The Kier molecular flexibility index (Phi) is 4.98. The molecule has 2 aromatic carbocycles. The third-order valence-corrected chi connectivity index (χ3v) is 7.13. The largest absolute Gasteiger partial charge is 0.465 e. The van der Waals surface area contributed by atoms with Gasteiger partial charge in [-0.1, -0.05) is 23.7 Å². The number of carbonyl (C=O) groups excluding carboxylic acids is 1. The van der Waals surface area contributed by atoms with E-state index in [0.717, 1.165) is 12.1 Å². The second kappa shape index (κ2) is 6.95. The first-order valence-electron chi connectivity index (χ1n) is 8.12. The van der Waals surface area contributed by atoms with Gasteiger partial charge in [0.2, 0.25) is 0 Å². The molecule has 0 heterocycles. The van der Waals surface area contributed by atoms with E-state index >= 15 is 0 Å². The van der Waals surface area contributed by atoms with Gasteiger partial charge in [0.05, 0.1) is 17.6 Å². The lowest BCUT2D eigenvalue weighted by Gasteiger charge is -2.09. The fraction of sp³-hybridized carbons (Fsp3) is 0.263. The SMILES string of the molecule is CCOC(=O)[C@@]1(C#N)[C@H](S(=O)(=O)c2ccc(Cl)cc2)[C@@H]1c1ccc(F)cc1. The predicted octanol–water partition coefficient (Wildman–Crippen LogP) is 3.49. The zero-order valence-corrected chi connectivity index (χ0v) is 15.8. The summed E-state index contributed by atoms with van der Waals surface area (Å²) in [4.78, 5) is 12.5. The van der Waals surface area contributed by atoms with Gasteiger partial charge in [-0.3, -0.25) is 4.79 Å². The van der Waals surface area contributed by atoms with Gasteiger partial charge < -0.3 is 4.74 Å². The first-order valence-corrected chi connectivity index (χ1v) is 10.0. The molecule has 0 saturated heterocycles. The molecule has 3 rings (SSSR count). The second-order valence-corrected chi connectivity index (χ2v) is 8.66. The average molecular weight is 408 g/mol. The molecular weight excluding hydrogens is 393 g/mol. The van der Waals surface area contributed by atoms with E-state index in [1.165, 1.54) is 36.4 Å². The van der Waals surface area contributed by atoms with Crippen molar-refractivity contribution in [3.8, 4) is 6.07 Å². The van der Waals surface area contributed by atoms with Crippen molar-refractivity contribution in [3.63, 3.8) is 0 Å². The van der Waals surface area contributed by atoms with Crippen molar-refractivity contribution < 1.29 is 22.3 Å². The molecule has 0 bridgehead atoms. The number of hydrogen-bond acceptors (Lipinski definition) is 5. The maximum Gasteiger partial charge on any atom is 0.328 e. The van der Waals surface area contributed by atoms with Crippen LogP contribution in [0.3, 0.4) is 0 Å². The predicted molar refractivity (Wildman–Crippen MR) is 96.2 cm³/mol. The molecule has 140 valence electrons. The Morgan fingerprint density at radius 2 is 1.81 bits per heavy atom. The summed E-state index contributed by atoms with van der Waals surface area (Å²) < 4.78 is 44.6. The average Bonchev–Trinajstić information content (AvgIpc) is 3.34. The Balaban J connectivity index is 2.12. The minimum Gasteiger partial charge on any atom is -0.465 e. The van der Waals surface area contributed by atoms with Gasteiger partial charge in [0.1, 0.15) is 11.1 Å². The van der Waals surface area contributed by atoms with Crippen molar-refractivity contribution in [2.75, 3.05) is 6.61 Å². The first kappa shape index (κ1) is 19.3. The molecule has 0 spiro atoms. The lowest BCUT2D eigenvalue weighted by molar-refractivity contribution is -0.147. The highest BCUT2D eigenvalue weighted by atomic mass is 35.5. The minimum atomic E-state index is -4.05. The molecule has 1 aliphatic rings. The molecule has 1 saturated carbocycles. The monoisotopic (exact) mass is 407 g/mol. The van der Waals surface area contributed by atoms with Crippen LogP contribution in [0.1, 0.15) is 18.4 Å². The topological polar surface area (TPSA) is 84.2 Å². The van der Waals surface area contributed by atoms with E-state index in [1.54, 1.807) is 6.92 Å². The van der Waals surface area contributed by atoms with Gasteiger partial charge in [-0.05, 0) is 48.9 Å². The lowest BCUT2D eigenvalue weighted by atomic mass is 10.0. The Morgan fingerprint density at radius 1 is 1.22 bits per heavy atom. The van der Waals surface area contributed by atoms with Crippen LogP contribution in [0, 0.1) is 22.6 Å². The van der Waals surface area contributed by atoms with Gasteiger partial charge in [0.25, 0.3) is 0 Å². The fourth-order valence-corrected chi connectivity index (χ4v) is 5.70. The van der Waals surface area contributed by atoms with Crippen LogP contribution in [0.5, 0.6) is 0 Å². The zero-order chi connectivity index (χ0) is 19.8. The fourth-order valence-electron chi connectivity index (χ4n) is 3.33. The lowest BCUT2D eigenvalue weighted by Crippen LogP contribution is -2.25. The highest BCUT2D eigenvalue weighted by Gasteiger charge is 2.77. The van der Waals surface area contributed by atoms with Crippen LogP contribution in [0.4, 0.5) is 4.39 Å². The minimum absolute atomic E-state index is 0.00607. The normalized spacial score (nSPS) is 24.1. The molecule has 0 aromatic heterocycles. The number of esters is 1. The number of benzene rings is 2. The third kappa shape index (κ3) is 3.09. The van der Waals surface area contributed by atoms with Crippen molar-refractivity contribution in [2.24, 2.45) is 5.41 Å². The van der Waals surface area contributed by atoms with Gasteiger partial charge in [0.15, 0.2) is 15.3 Å². The number of halogens is 2. The molecule has 0 unspecified atom stereocenters. The number of ether oxygens (including phenoxy) is 1. The highest BCUT2D eigenvalue weighted by molar-refractivity contribution is 7.92. The van der Waals surface area contributed by atoms with Crippen LogP contribution in [0.2, 0.25) is 5.02 Å². The summed E-state index contributed by atoms with van der Waals surface area (Å²) in [6, 6.07) is 12.4. The van der Waals surface area contributed by atoms with Crippen LogP contribution in [-0.4, -0.2) is 26.2 Å². The van der Waals surface area contributed by atoms with E-state index in [9.17, 15) is 22.9 Å². The van der Waals surface area contributed by atoms with Gasteiger partial charge in [-0.25, -0.2) is 12.8 Å². The molecule has 1 aliphatic carbocycles. The molecule has 3 atom stereocenters. The molecule has 8 heteroatoms. The number of nitriles is 1. The van der Waals surface area contributed by atoms with E-state index in [1.807, 2.05) is 6.07 Å². The quantitative estimate of drug-likeness (QED) is 0.708. The van der Waals surface area contributed by atoms with E-state index < -0.39 is 38.2 Å². The van der Waals surface area contributed by atoms with E-state index in [2.05, 4.69) is 0 Å². The van der Waals surface area contributed by atoms with Crippen molar-refractivity contribution in [2.45, 2.75) is 23.0 Å². The number of carbonyl (C=O) groups is 1. The maximum absolute atomic E-state index is 13.3. The third-order valence-electron chi connectivity index (χ3n) is 4.64. The summed E-state index contributed by atoms with van der Waals surface area (Å²) in [5, 5.41) is 8.78. The molecule has 0 aliphatic heterocycles. The van der Waals surface area contributed by atoms with E-state index in [0.29, 0.717) is 10.6 Å². The van der Waals surface area contributed by atoms with Gasteiger partial charge >= 0.3 is 5.97 Å². The van der Waals surface area contributed by atoms with E-state index in [-0.39, 0.29) is 11.5 Å².